The van der Waals surface area contributed by atoms with E-state index in [1.807, 2.05) is 24.3 Å². The van der Waals surface area contributed by atoms with Crippen LogP contribution in [0.25, 0.3) is 5.65 Å². The maximum absolute atomic E-state index is 13.5. The molecule has 3 aliphatic rings. The van der Waals surface area contributed by atoms with Crippen molar-refractivity contribution in [2.45, 2.75) is 62.8 Å². The van der Waals surface area contributed by atoms with Gasteiger partial charge in [0.05, 0.1) is 16.4 Å². The van der Waals surface area contributed by atoms with Gasteiger partial charge in [-0.05, 0) is 43.5 Å². The Bertz CT molecular complexity index is 1580. The van der Waals surface area contributed by atoms with Gasteiger partial charge in [-0.1, -0.05) is 54.8 Å². The summed E-state index contributed by atoms with van der Waals surface area (Å²) in [5.41, 5.74) is 2.32. The van der Waals surface area contributed by atoms with Crippen LogP contribution in [0.15, 0.2) is 63.4 Å². The number of aliphatic imine (C=N–C) groups is 2. The minimum absolute atomic E-state index is 0.0293. The Kier molecular flexibility index (Phi) is 7.22. The Morgan fingerprint density at radius 1 is 1.10 bits per heavy atom. The van der Waals surface area contributed by atoms with E-state index in [2.05, 4.69) is 10.3 Å². The summed E-state index contributed by atoms with van der Waals surface area (Å²) in [5, 5.41) is 4.05. The van der Waals surface area contributed by atoms with Crippen molar-refractivity contribution in [2.24, 2.45) is 9.98 Å². The van der Waals surface area contributed by atoms with Gasteiger partial charge in [-0.25, -0.2) is 14.9 Å². The molecule has 39 heavy (non-hydrogen) atoms. The van der Waals surface area contributed by atoms with E-state index in [1.54, 1.807) is 17.0 Å². The Hall–Kier alpha value is -3.50. The summed E-state index contributed by atoms with van der Waals surface area (Å²) in [5.74, 6) is 0.656. The highest BCUT2D eigenvalue weighted by atomic mass is 35.5. The number of fused-ring (bicyclic) bond motifs is 4. The lowest BCUT2D eigenvalue weighted by Gasteiger charge is -2.25. The molecule has 2 aliphatic heterocycles. The third-order valence-electron chi connectivity index (χ3n) is 7.19. The summed E-state index contributed by atoms with van der Waals surface area (Å²) in [6, 6.07) is 12.0. The number of carbonyl (C=O) groups is 2. The number of amides is 2. The molecule has 2 aromatic heterocycles. The predicted octanol–water partition coefficient (Wildman–Crippen LogP) is 4.47. The lowest BCUT2D eigenvalue weighted by molar-refractivity contribution is -0.125. The van der Waals surface area contributed by atoms with Crippen molar-refractivity contribution in [1.29, 1.82) is 0 Å². The number of para-hydroxylation sites is 1. The number of hydrogen-bond acceptors (Lipinski definition) is 7. The van der Waals surface area contributed by atoms with Crippen LogP contribution in [0.2, 0.25) is 5.02 Å². The van der Waals surface area contributed by atoms with Crippen molar-refractivity contribution >= 4 is 57.5 Å². The van der Waals surface area contributed by atoms with Gasteiger partial charge in [0.25, 0.3) is 11.5 Å². The van der Waals surface area contributed by atoms with Crippen molar-refractivity contribution in [3.8, 4) is 0 Å². The van der Waals surface area contributed by atoms with E-state index in [0.717, 1.165) is 36.9 Å². The van der Waals surface area contributed by atoms with Gasteiger partial charge in [0, 0.05) is 36.0 Å². The minimum atomic E-state index is -0.651. The molecular weight excluding hydrogens is 536 g/mol. The summed E-state index contributed by atoms with van der Waals surface area (Å²) in [4.78, 5) is 54.4. The molecule has 6 rings (SSSR count). The fourth-order valence-electron chi connectivity index (χ4n) is 5.24. The van der Waals surface area contributed by atoms with Gasteiger partial charge in [-0.15, -0.1) is 0 Å². The fourth-order valence-corrected chi connectivity index (χ4v) is 6.29. The number of aromatic nitrogens is 2. The van der Waals surface area contributed by atoms with Crippen LogP contribution in [0.4, 0.5) is 5.69 Å². The standard InChI is InChI=1S/C28H27ClN6O3S/c29-17-10-12-23-30-19(14-25(37)34(23)15-17)16-39-28-33-21-9-5-4-8-20(21)26-32-22(27(38)35(26)28)11-13-24(36)31-18-6-2-1-3-7-18/h4-5,8-10,12,14-15,18,22H,1-3,6-7,11,13,16H2,(H,31,36)/t22-/m0/s1. The normalized spacial score (nSPS) is 18.9. The first-order valence-corrected chi connectivity index (χ1v) is 14.5. The van der Waals surface area contributed by atoms with Gasteiger partial charge < -0.3 is 5.32 Å². The molecular formula is C28H27ClN6O3S. The molecule has 9 nitrogen and oxygen atoms in total. The fraction of sp³-hybridized carbons (Fsp3) is 0.357. The highest BCUT2D eigenvalue weighted by Crippen LogP contribution is 2.35. The van der Waals surface area contributed by atoms with E-state index < -0.39 is 6.04 Å². The van der Waals surface area contributed by atoms with Gasteiger partial charge >= 0.3 is 0 Å². The summed E-state index contributed by atoms with van der Waals surface area (Å²) in [7, 11) is 0. The summed E-state index contributed by atoms with van der Waals surface area (Å²) >= 11 is 7.34. The van der Waals surface area contributed by atoms with Gasteiger partial charge in [0.15, 0.2) is 5.17 Å². The second-order valence-corrected chi connectivity index (χ2v) is 11.3. The number of hydrogen-bond donors (Lipinski definition) is 1. The number of nitrogens with one attached hydrogen (secondary N) is 1. The van der Waals surface area contributed by atoms with E-state index >= 15 is 0 Å². The second kappa shape index (κ2) is 10.9. The second-order valence-electron chi connectivity index (χ2n) is 9.94. The monoisotopic (exact) mass is 562 g/mol. The topological polar surface area (TPSA) is 108 Å². The zero-order valence-corrected chi connectivity index (χ0v) is 22.7. The largest absolute Gasteiger partial charge is 0.353 e. The molecule has 3 aromatic rings. The van der Waals surface area contributed by atoms with Crippen LogP contribution in [0, 0.1) is 0 Å². The first kappa shape index (κ1) is 25.8. The number of amidine groups is 2. The molecule has 0 bridgehead atoms. The Balaban J connectivity index is 1.19. The molecule has 1 N–H and O–H groups in total. The van der Waals surface area contributed by atoms with Gasteiger partial charge in [0.2, 0.25) is 5.91 Å². The van der Waals surface area contributed by atoms with Crippen LogP contribution >= 0.6 is 23.4 Å². The molecule has 4 heterocycles. The van der Waals surface area contributed by atoms with Crippen LogP contribution in [-0.4, -0.2) is 49.2 Å². The predicted molar refractivity (Wildman–Crippen MR) is 153 cm³/mol. The van der Waals surface area contributed by atoms with Gasteiger partial charge in [0.1, 0.15) is 17.5 Å². The SMILES string of the molecule is O=C(CC[C@@H]1N=C2c3ccccc3N=C(SCc3cc(=O)n4cc(Cl)ccc4n3)N2C1=O)NC1CCCCC1. The number of pyridine rings is 1. The number of rotatable bonds is 6. The maximum Gasteiger partial charge on any atom is 0.259 e. The quantitative estimate of drug-likeness (QED) is 0.477. The number of halogens is 1. The van der Waals surface area contributed by atoms with Crippen LogP contribution in [0.5, 0.6) is 0 Å². The van der Waals surface area contributed by atoms with Crippen LogP contribution in [0.3, 0.4) is 0 Å². The summed E-state index contributed by atoms with van der Waals surface area (Å²) in [6.45, 7) is 0. The van der Waals surface area contributed by atoms with Crippen LogP contribution < -0.4 is 10.9 Å². The van der Waals surface area contributed by atoms with Crippen LogP contribution in [-0.2, 0) is 15.3 Å². The van der Waals surface area contributed by atoms with Crippen LogP contribution in [0.1, 0.15) is 56.2 Å². The lowest BCUT2D eigenvalue weighted by atomic mass is 9.95. The minimum Gasteiger partial charge on any atom is -0.353 e. The lowest BCUT2D eigenvalue weighted by Crippen LogP contribution is -2.41. The molecule has 1 aliphatic carbocycles. The molecule has 1 saturated carbocycles. The van der Waals surface area contributed by atoms with Crippen molar-refractivity contribution in [1.82, 2.24) is 19.6 Å². The number of thioether (sulfide) groups is 1. The molecule has 1 aromatic carbocycles. The highest BCUT2D eigenvalue weighted by Gasteiger charge is 2.41. The van der Waals surface area contributed by atoms with Crippen molar-refractivity contribution in [3.63, 3.8) is 0 Å². The number of benzene rings is 1. The average molecular weight is 563 g/mol. The van der Waals surface area contributed by atoms with Crippen molar-refractivity contribution < 1.29 is 9.59 Å². The Morgan fingerprint density at radius 3 is 2.77 bits per heavy atom. The van der Waals surface area contributed by atoms with Crippen molar-refractivity contribution in [2.75, 3.05) is 0 Å². The third kappa shape index (κ3) is 5.35. The van der Waals surface area contributed by atoms with E-state index in [1.165, 1.54) is 34.8 Å². The molecule has 2 amide bonds. The third-order valence-corrected chi connectivity index (χ3v) is 8.38. The maximum atomic E-state index is 13.5. The first-order chi connectivity index (χ1) is 19.0. The molecule has 0 unspecified atom stereocenters. The van der Waals surface area contributed by atoms with Crippen molar-refractivity contribution in [3.05, 3.63) is 75.3 Å². The smallest absolute Gasteiger partial charge is 0.259 e. The summed E-state index contributed by atoms with van der Waals surface area (Å²) < 4.78 is 1.40. The molecule has 0 spiro atoms. The van der Waals surface area contributed by atoms with Gasteiger partial charge in [-0.2, -0.15) is 0 Å². The molecule has 0 saturated heterocycles. The molecule has 1 fully saturated rings. The Morgan fingerprint density at radius 2 is 1.92 bits per heavy atom. The number of carbonyl (C=O) groups excluding carboxylic acids is 2. The molecule has 11 heteroatoms. The molecule has 0 radical (unpaired) electrons. The van der Waals surface area contributed by atoms with E-state index in [0.29, 0.717) is 39.5 Å². The average Bonchev–Trinajstić information content (AvgIpc) is 3.28. The molecule has 1 atom stereocenters. The molecule has 200 valence electrons. The van der Waals surface area contributed by atoms with Gasteiger partial charge in [-0.3, -0.25) is 23.8 Å². The van der Waals surface area contributed by atoms with E-state index in [9.17, 15) is 14.4 Å². The summed E-state index contributed by atoms with van der Waals surface area (Å²) in [6.07, 6.45) is 7.66. The zero-order valence-electron chi connectivity index (χ0n) is 21.2. The number of nitrogens with zero attached hydrogens (tertiary/aromatic N) is 5. The zero-order chi connectivity index (χ0) is 26.9. The Labute approximate surface area is 234 Å². The first-order valence-electron chi connectivity index (χ1n) is 13.2. The van der Waals surface area contributed by atoms with E-state index in [-0.39, 0.29) is 29.8 Å². The van der Waals surface area contributed by atoms with E-state index in [4.69, 9.17) is 21.6 Å². The highest BCUT2D eigenvalue weighted by molar-refractivity contribution is 8.13.